The van der Waals surface area contributed by atoms with Gasteiger partial charge in [-0.2, -0.15) is 0 Å². The Labute approximate surface area is 114 Å². The minimum absolute atomic E-state index is 0.0615. The van der Waals surface area contributed by atoms with Gasteiger partial charge in [0.05, 0.1) is 0 Å². The molecule has 4 nitrogen and oxygen atoms in total. The summed E-state index contributed by atoms with van der Waals surface area (Å²) in [6.45, 7) is 2.37. The third-order valence-corrected chi connectivity index (χ3v) is 3.95. The van der Waals surface area contributed by atoms with Crippen molar-refractivity contribution in [1.82, 2.24) is 5.32 Å². The smallest absolute Gasteiger partial charge is 0.161 e. The first kappa shape index (κ1) is 12.8. The first-order valence-electron chi connectivity index (χ1n) is 7.21. The second kappa shape index (κ2) is 5.80. The van der Waals surface area contributed by atoms with Crippen LogP contribution in [0.5, 0.6) is 11.5 Å². The van der Waals surface area contributed by atoms with E-state index in [-0.39, 0.29) is 6.04 Å². The van der Waals surface area contributed by atoms with Gasteiger partial charge >= 0.3 is 0 Å². The molecule has 4 heteroatoms. The van der Waals surface area contributed by atoms with Crippen LogP contribution in [0.3, 0.4) is 0 Å². The van der Waals surface area contributed by atoms with Gasteiger partial charge in [-0.25, -0.2) is 0 Å². The van der Waals surface area contributed by atoms with Crippen molar-refractivity contribution in [2.24, 2.45) is 5.73 Å². The molecule has 0 aliphatic carbocycles. The summed E-state index contributed by atoms with van der Waals surface area (Å²) in [4.78, 5) is 0. The van der Waals surface area contributed by atoms with E-state index >= 15 is 0 Å². The van der Waals surface area contributed by atoms with Crippen LogP contribution in [0.25, 0.3) is 0 Å². The summed E-state index contributed by atoms with van der Waals surface area (Å²) in [7, 11) is 0. The van der Waals surface area contributed by atoms with Crippen molar-refractivity contribution in [3.63, 3.8) is 0 Å². The van der Waals surface area contributed by atoms with Gasteiger partial charge in [-0.1, -0.05) is 12.5 Å². The largest absolute Gasteiger partial charge is 0.486 e. The van der Waals surface area contributed by atoms with Crippen LogP contribution >= 0.6 is 0 Å². The summed E-state index contributed by atoms with van der Waals surface area (Å²) in [5, 5.41) is 3.55. The molecule has 2 heterocycles. The molecule has 104 valence electrons. The third kappa shape index (κ3) is 3.01. The van der Waals surface area contributed by atoms with E-state index in [0.717, 1.165) is 30.0 Å². The number of piperidine rings is 1. The topological polar surface area (TPSA) is 56.5 Å². The summed E-state index contributed by atoms with van der Waals surface area (Å²) in [5.74, 6) is 1.66. The molecular weight excluding hydrogens is 240 g/mol. The lowest BCUT2D eigenvalue weighted by molar-refractivity contribution is 0.171. The van der Waals surface area contributed by atoms with Crippen molar-refractivity contribution in [2.45, 2.75) is 37.8 Å². The molecule has 0 saturated carbocycles. The Morgan fingerprint density at radius 3 is 2.84 bits per heavy atom. The van der Waals surface area contributed by atoms with E-state index in [2.05, 4.69) is 11.4 Å². The zero-order valence-corrected chi connectivity index (χ0v) is 11.2. The number of hydrogen-bond donors (Lipinski definition) is 2. The fourth-order valence-corrected chi connectivity index (χ4v) is 2.86. The average molecular weight is 262 g/mol. The number of nitrogens with two attached hydrogens (primary N) is 1. The maximum atomic E-state index is 6.32. The first-order chi connectivity index (χ1) is 9.33. The Morgan fingerprint density at radius 1 is 1.21 bits per heavy atom. The Balaban J connectivity index is 1.67. The number of benzene rings is 1. The van der Waals surface area contributed by atoms with Crippen molar-refractivity contribution in [1.29, 1.82) is 0 Å². The predicted octanol–water partition coefficient (Wildman–Crippen LogP) is 1.99. The van der Waals surface area contributed by atoms with Gasteiger partial charge in [0.25, 0.3) is 0 Å². The van der Waals surface area contributed by atoms with Crippen LogP contribution in [0, 0.1) is 0 Å². The molecule has 1 fully saturated rings. The number of nitrogens with one attached hydrogen (secondary N) is 1. The van der Waals surface area contributed by atoms with E-state index in [1.807, 2.05) is 12.1 Å². The van der Waals surface area contributed by atoms with E-state index in [0.29, 0.717) is 19.3 Å². The molecule has 0 aromatic heterocycles. The molecule has 0 amide bonds. The second-order valence-corrected chi connectivity index (χ2v) is 5.39. The quantitative estimate of drug-likeness (QED) is 0.874. The van der Waals surface area contributed by atoms with Crippen LogP contribution in [-0.4, -0.2) is 25.8 Å². The van der Waals surface area contributed by atoms with Gasteiger partial charge in [0.1, 0.15) is 13.2 Å². The lowest BCUT2D eigenvalue weighted by atomic mass is 9.94. The minimum atomic E-state index is 0.0615. The van der Waals surface area contributed by atoms with E-state index in [1.54, 1.807) is 0 Å². The fraction of sp³-hybridized carbons (Fsp3) is 0.600. The lowest BCUT2D eigenvalue weighted by Crippen LogP contribution is -2.36. The molecule has 1 aromatic carbocycles. The molecule has 2 aliphatic heterocycles. The molecule has 3 rings (SSSR count). The Morgan fingerprint density at radius 2 is 2.05 bits per heavy atom. The fourth-order valence-electron chi connectivity index (χ4n) is 2.86. The normalized spacial score (nSPS) is 23.9. The lowest BCUT2D eigenvalue weighted by Gasteiger charge is -2.27. The van der Waals surface area contributed by atoms with Crippen molar-refractivity contribution < 1.29 is 9.47 Å². The van der Waals surface area contributed by atoms with Gasteiger partial charge in [0.15, 0.2) is 11.5 Å². The Bertz CT molecular complexity index is 430. The van der Waals surface area contributed by atoms with E-state index in [4.69, 9.17) is 15.2 Å². The summed E-state index contributed by atoms with van der Waals surface area (Å²) in [6, 6.07) is 6.67. The van der Waals surface area contributed by atoms with Crippen LogP contribution < -0.4 is 20.5 Å². The summed E-state index contributed by atoms with van der Waals surface area (Å²) < 4.78 is 11.1. The molecule has 0 radical (unpaired) electrons. The molecule has 3 N–H and O–H groups in total. The standard InChI is InChI=1S/C15H22N2O2/c16-13(10-12-3-1-2-6-17-12)11-4-5-14-15(9-11)19-8-7-18-14/h4-5,9,12-13,17H,1-3,6-8,10,16H2. The molecular formula is C15H22N2O2. The molecule has 0 bridgehead atoms. The van der Waals surface area contributed by atoms with Crippen molar-refractivity contribution in [2.75, 3.05) is 19.8 Å². The predicted molar refractivity (Wildman–Crippen MR) is 74.6 cm³/mol. The Kier molecular flexibility index (Phi) is 3.89. The van der Waals surface area contributed by atoms with Crippen molar-refractivity contribution in [3.05, 3.63) is 23.8 Å². The third-order valence-electron chi connectivity index (χ3n) is 3.95. The zero-order chi connectivity index (χ0) is 13.1. The number of ether oxygens (including phenoxy) is 2. The molecule has 2 unspecified atom stereocenters. The number of hydrogen-bond acceptors (Lipinski definition) is 4. The molecule has 1 saturated heterocycles. The second-order valence-electron chi connectivity index (χ2n) is 5.39. The molecule has 2 aliphatic rings. The Hall–Kier alpha value is -1.26. The highest BCUT2D eigenvalue weighted by Crippen LogP contribution is 2.33. The summed E-state index contributed by atoms with van der Waals surface area (Å²) >= 11 is 0. The van der Waals surface area contributed by atoms with Crippen LogP contribution in [0.15, 0.2) is 18.2 Å². The van der Waals surface area contributed by atoms with Gasteiger partial charge in [-0.3, -0.25) is 0 Å². The monoisotopic (exact) mass is 262 g/mol. The molecule has 0 spiro atoms. The van der Waals surface area contributed by atoms with E-state index in [9.17, 15) is 0 Å². The van der Waals surface area contributed by atoms with Gasteiger partial charge in [-0.05, 0) is 43.5 Å². The van der Waals surface area contributed by atoms with Crippen LogP contribution in [0.2, 0.25) is 0 Å². The highest BCUT2D eigenvalue weighted by molar-refractivity contribution is 5.44. The molecule has 19 heavy (non-hydrogen) atoms. The van der Waals surface area contributed by atoms with E-state index < -0.39 is 0 Å². The van der Waals surface area contributed by atoms with Crippen LogP contribution in [-0.2, 0) is 0 Å². The van der Waals surface area contributed by atoms with E-state index in [1.165, 1.54) is 19.3 Å². The molecule has 2 atom stereocenters. The van der Waals surface area contributed by atoms with Gasteiger partial charge in [-0.15, -0.1) is 0 Å². The summed E-state index contributed by atoms with van der Waals surface area (Å²) in [5.41, 5.74) is 7.46. The van der Waals surface area contributed by atoms with Crippen LogP contribution in [0.1, 0.15) is 37.3 Å². The zero-order valence-electron chi connectivity index (χ0n) is 11.2. The van der Waals surface area contributed by atoms with Gasteiger partial charge in [0, 0.05) is 12.1 Å². The van der Waals surface area contributed by atoms with Crippen molar-refractivity contribution >= 4 is 0 Å². The van der Waals surface area contributed by atoms with Gasteiger partial charge < -0.3 is 20.5 Å². The molecule has 1 aromatic rings. The maximum Gasteiger partial charge on any atom is 0.161 e. The van der Waals surface area contributed by atoms with Crippen molar-refractivity contribution in [3.8, 4) is 11.5 Å². The minimum Gasteiger partial charge on any atom is -0.486 e. The highest BCUT2D eigenvalue weighted by Gasteiger charge is 2.19. The number of rotatable bonds is 3. The average Bonchev–Trinajstić information content (AvgIpc) is 2.48. The maximum absolute atomic E-state index is 6.32. The number of fused-ring (bicyclic) bond motifs is 1. The summed E-state index contributed by atoms with van der Waals surface area (Å²) in [6.07, 6.45) is 4.82. The van der Waals surface area contributed by atoms with Crippen LogP contribution in [0.4, 0.5) is 0 Å². The van der Waals surface area contributed by atoms with Gasteiger partial charge in [0.2, 0.25) is 0 Å². The SMILES string of the molecule is NC(CC1CCCCN1)c1ccc2c(c1)OCCO2. The first-order valence-corrected chi connectivity index (χ1v) is 7.21. The highest BCUT2D eigenvalue weighted by atomic mass is 16.6.